The van der Waals surface area contributed by atoms with E-state index in [9.17, 15) is 18.8 Å². The molecule has 0 radical (unpaired) electrons. The van der Waals surface area contributed by atoms with E-state index in [1.165, 1.54) is 12.1 Å². The van der Waals surface area contributed by atoms with Crippen LogP contribution >= 0.6 is 0 Å². The van der Waals surface area contributed by atoms with Gasteiger partial charge in [0.2, 0.25) is 5.91 Å². The number of esters is 1. The third-order valence-electron chi connectivity index (χ3n) is 5.34. The molecule has 1 fully saturated rings. The average Bonchev–Trinajstić information content (AvgIpc) is 3.24. The quantitative estimate of drug-likeness (QED) is 0.712. The number of ether oxygens (including phenoxy) is 1. The highest BCUT2D eigenvalue weighted by atomic mass is 19.1. The number of hydrogen-bond donors (Lipinski definition) is 2. The molecule has 2 aromatic rings. The molecule has 0 spiro atoms. The van der Waals surface area contributed by atoms with Crippen LogP contribution in [0.2, 0.25) is 0 Å². The summed E-state index contributed by atoms with van der Waals surface area (Å²) in [6.07, 6.45) is 2.32. The number of halogens is 1. The zero-order valence-electron chi connectivity index (χ0n) is 16.3. The van der Waals surface area contributed by atoms with Gasteiger partial charge in [-0.3, -0.25) is 9.59 Å². The number of carbonyl (C=O) groups is 3. The average molecular weight is 411 g/mol. The minimum atomic E-state index is -0.635. The first kappa shape index (κ1) is 19.9. The Labute approximate surface area is 173 Å². The van der Waals surface area contributed by atoms with Gasteiger partial charge in [-0.25, -0.2) is 9.18 Å². The Balaban J connectivity index is 1.28. The molecule has 2 aliphatic rings. The lowest BCUT2D eigenvalue weighted by atomic mass is 10.1. The van der Waals surface area contributed by atoms with Crippen molar-refractivity contribution < 1.29 is 23.5 Å². The van der Waals surface area contributed by atoms with Crippen LogP contribution in [0.5, 0.6) is 0 Å². The lowest BCUT2D eigenvalue weighted by molar-refractivity contribution is -0.124. The molecule has 2 aliphatic heterocycles. The van der Waals surface area contributed by atoms with Gasteiger partial charge in [-0.1, -0.05) is 12.1 Å². The maximum atomic E-state index is 12.9. The van der Waals surface area contributed by atoms with Crippen molar-refractivity contribution in [1.29, 1.82) is 0 Å². The van der Waals surface area contributed by atoms with Crippen molar-refractivity contribution in [2.75, 3.05) is 29.9 Å². The zero-order chi connectivity index (χ0) is 21.1. The Morgan fingerprint density at radius 1 is 1.20 bits per heavy atom. The topological polar surface area (TPSA) is 87.7 Å². The Hall–Kier alpha value is -3.42. The summed E-state index contributed by atoms with van der Waals surface area (Å²) in [4.78, 5) is 38.5. The van der Waals surface area contributed by atoms with E-state index in [1.807, 2.05) is 0 Å². The van der Waals surface area contributed by atoms with Crippen molar-refractivity contribution in [2.24, 2.45) is 0 Å². The zero-order valence-corrected chi connectivity index (χ0v) is 16.3. The van der Waals surface area contributed by atoms with Gasteiger partial charge < -0.3 is 20.3 Å². The summed E-state index contributed by atoms with van der Waals surface area (Å²) < 4.78 is 18.0. The third-order valence-corrected chi connectivity index (χ3v) is 5.34. The summed E-state index contributed by atoms with van der Waals surface area (Å²) in [5.74, 6) is -1.43. The van der Waals surface area contributed by atoms with E-state index in [4.69, 9.17) is 4.74 Å². The number of nitrogens with one attached hydrogen (secondary N) is 2. The molecular formula is C22H22FN3O4. The highest BCUT2D eigenvalue weighted by Crippen LogP contribution is 2.37. The number of amides is 2. The van der Waals surface area contributed by atoms with Gasteiger partial charge in [-0.15, -0.1) is 0 Å². The van der Waals surface area contributed by atoms with Gasteiger partial charge in [0.25, 0.3) is 5.91 Å². The maximum absolute atomic E-state index is 12.9. The molecule has 2 heterocycles. The van der Waals surface area contributed by atoms with E-state index in [-0.39, 0.29) is 23.3 Å². The molecule has 30 heavy (non-hydrogen) atoms. The van der Waals surface area contributed by atoms with Crippen molar-refractivity contribution >= 4 is 29.2 Å². The van der Waals surface area contributed by atoms with Gasteiger partial charge in [0, 0.05) is 13.1 Å². The molecule has 0 saturated carbocycles. The van der Waals surface area contributed by atoms with Gasteiger partial charge in [0.15, 0.2) is 6.61 Å². The second-order valence-corrected chi connectivity index (χ2v) is 7.38. The molecule has 1 saturated heterocycles. The lowest BCUT2D eigenvalue weighted by Crippen LogP contribution is -2.43. The standard InChI is InChI=1S/C22H22FN3O4/c23-16-6-3-14(4-7-16)9-10-24-20(27)13-30-22(29)15-5-8-18-17(12-15)25-21(28)19-2-1-11-26(18)19/h3-8,12,19H,1-2,9-11,13H2,(H,24,27)(H,25,28)/t19-/m0/s1. The maximum Gasteiger partial charge on any atom is 0.338 e. The van der Waals surface area contributed by atoms with E-state index in [0.717, 1.165) is 30.6 Å². The molecule has 1 atom stereocenters. The van der Waals surface area contributed by atoms with Crippen LogP contribution in [-0.2, 0) is 20.7 Å². The largest absolute Gasteiger partial charge is 0.452 e. The summed E-state index contributed by atoms with van der Waals surface area (Å²) in [5, 5.41) is 5.51. The summed E-state index contributed by atoms with van der Waals surface area (Å²) in [6.45, 7) is 0.761. The van der Waals surface area contributed by atoms with Crippen molar-refractivity contribution in [1.82, 2.24) is 5.32 Å². The summed E-state index contributed by atoms with van der Waals surface area (Å²) in [7, 11) is 0. The minimum Gasteiger partial charge on any atom is -0.452 e. The Morgan fingerprint density at radius 2 is 2.00 bits per heavy atom. The number of carbonyl (C=O) groups excluding carboxylic acids is 3. The molecule has 2 aromatic carbocycles. The number of nitrogens with zero attached hydrogens (tertiary/aromatic N) is 1. The summed E-state index contributed by atoms with van der Waals surface area (Å²) >= 11 is 0. The third kappa shape index (κ3) is 4.27. The Bertz CT molecular complexity index is 977. The monoisotopic (exact) mass is 411 g/mol. The van der Waals surface area contributed by atoms with Gasteiger partial charge in [0.05, 0.1) is 16.9 Å². The fraction of sp³-hybridized carbons (Fsp3) is 0.318. The smallest absolute Gasteiger partial charge is 0.338 e. The van der Waals surface area contributed by atoms with Crippen LogP contribution in [-0.4, -0.2) is 43.5 Å². The van der Waals surface area contributed by atoms with Crippen LogP contribution in [0.1, 0.15) is 28.8 Å². The van der Waals surface area contributed by atoms with Crippen molar-refractivity contribution in [3.63, 3.8) is 0 Å². The van der Waals surface area contributed by atoms with Crippen LogP contribution < -0.4 is 15.5 Å². The number of hydrogen-bond acceptors (Lipinski definition) is 5. The summed E-state index contributed by atoms with van der Waals surface area (Å²) in [6, 6.07) is 10.9. The molecule has 7 nitrogen and oxygen atoms in total. The first-order chi connectivity index (χ1) is 14.5. The minimum absolute atomic E-state index is 0.0638. The lowest BCUT2D eigenvalue weighted by Gasteiger charge is -2.33. The van der Waals surface area contributed by atoms with Crippen molar-refractivity contribution in [2.45, 2.75) is 25.3 Å². The molecule has 2 amide bonds. The van der Waals surface area contributed by atoms with Crippen LogP contribution in [0.15, 0.2) is 42.5 Å². The van der Waals surface area contributed by atoms with E-state index in [2.05, 4.69) is 15.5 Å². The molecule has 156 valence electrons. The number of rotatable bonds is 6. The predicted octanol–water partition coefficient (Wildman–Crippen LogP) is 2.26. The molecule has 2 N–H and O–H groups in total. The number of benzene rings is 2. The van der Waals surface area contributed by atoms with Crippen LogP contribution in [0.3, 0.4) is 0 Å². The van der Waals surface area contributed by atoms with Crippen LogP contribution in [0, 0.1) is 5.82 Å². The molecular weight excluding hydrogens is 389 g/mol. The van der Waals surface area contributed by atoms with Crippen LogP contribution in [0.25, 0.3) is 0 Å². The highest BCUT2D eigenvalue weighted by molar-refractivity contribution is 6.05. The van der Waals surface area contributed by atoms with E-state index < -0.39 is 18.5 Å². The van der Waals surface area contributed by atoms with Crippen molar-refractivity contribution in [3.05, 3.63) is 59.4 Å². The molecule has 0 aliphatic carbocycles. The highest BCUT2D eigenvalue weighted by Gasteiger charge is 2.36. The first-order valence-electron chi connectivity index (χ1n) is 9.91. The molecule has 8 heteroatoms. The SMILES string of the molecule is O=C(COC(=O)c1ccc2c(c1)NC(=O)[C@@H]1CCCN21)NCCc1ccc(F)cc1. The van der Waals surface area contributed by atoms with Gasteiger partial charge in [-0.2, -0.15) is 0 Å². The summed E-state index contributed by atoms with van der Waals surface area (Å²) in [5.41, 5.74) is 2.64. The molecule has 4 rings (SSSR count). The van der Waals surface area contributed by atoms with E-state index >= 15 is 0 Å². The second kappa shape index (κ2) is 8.52. The van der Waals surface area contributed by atoms with Crippen molar-refractivity contribution in [3.8, 4) is 0 Å². The normalized spacial score (nSPS) is 17.0. The fourth-order valence-electron chi connectivity index (χ4n) is 3.82. The van der Waals surface area contributed by atoms with Crippen LogP contribution in [0.4, 0.5) is 15.8 Å². The van der Waals surface area contributed by atoms with E-state index in [0.29, 0.717) is 18.7 Å². The molecule has 0 unspecified atom stereocenters. The van der Waals surface area contributed by atoms with Gasteiger partial charge >= 0.3 is 5.97 Å². The fourth-order valence-corrected chi connectivity index (χ4v) is 3.82. The van der Waals surface area contributed by atoms with Gasteiger partial charge in [-0.05, 0) is 55.2 Å². The van der Waals surface area contributed by atoms with Gasteiger partial charge in [0.1, 0.15) is 11.9 Å². The van der Waals surface area contributed by atoms with E-state index in [1.54, 1.807) is 30.3 Å². The number of anilines is 2. The molecule has 0 bridgehead atoms. The first-order valence-corrected chi connectivity index (χ1v) is 9.91. The second-order valence-electron chi connectivity index (χ2n) is 7.38. The molecule has 0 aromatic heterocycles. The predicted molar refractivity (Wildman–Crippen MR) is 109 cm³/mol. The Kier molecular flexibility index (Phi) is 5.65. The Morgan fingerprint density at radius 3 is 2.80 bits per heavy atom. The number of fused-ring (bicyclic) bond motifs is 3.